The van der Waals surface area contributed by atoms with Gasteiger partial charge < -0.3 is 14.4 Å². The van der Waals surface area contributed by atoms with E-state index in [1.165, 1.54) is 7.11 Å². The second-order valence-electron chi connectivity index (χ2n) is 3.56. The van der Waals surface area contributed by atoms with Gasteiger partial charge in [-0.2, -0.15) is 0 Å². The van der Waals surface area contributed by atoms with E-state index in [1.807, 2.05) is 0 Å². The van der Waals surface area contributed by atoms with E-state index in [1.54, 1.807) is 30.8 Å². The highest BCUT2D eigenvalue weighted by molar-refractivity contribution is 5.88. The summed E-state index contributed by atoms with van der Waals surface area (Å²) in [7, 11) is 2.98. The predicted molar refractivity (Wildman–Crippen MR) is 57.4 cm³/mol. The first kappa shape index (κ1) is 12.3. The van der Waals surface area contributed by atoms with E-state index in [9.17, 15) is 9.59 Å². The summed E-state index contributed by atoms with van der Waals surface area (Å²) >= 11 is 0. The Morgan fingerprint density at radius 2 is 2.19 bits per heavy atom. The van der Waals surface area contributed by atoms with Crippen LogP contribution in [0, 0.1) is 0 Å². The van der Waals surface area contributed by atoms with Gasteiger partial charge in [0.2, 0.25) is 0 Å². The highest BCUT2D eigenvalue weighted by Crippen LogP contribution is 2.22. The molecule has 0 spiro atoms. The molecule has 0 bridgehead atoms. The monoisotopic (exact) mass is 225 g/mol. The van der Waals surface area contributed by atoms with E-state index in [4.69, 9.17) is 5.11 Å². The molecule has 0 aliphatic rings. The van der Waals surface area contributed by atoms with Crippen molar-refractivity contribution >= 4 is 11.9 Å². The summed E-state index contributed by atoms with van der Waals surface area (Å²) in [6.45, 7) is 1.80. The molecule has 16 heavy (non-hydrogen) atoms. The Balaban J connectivity index is 3.08. The Morgan fingerprint density at radius 1 is 1.56 bits per heavy atom. The number of aliphatic carboxylic acids is 1. The minimum absolute atomic E-state index is 0.359. The van der Waals surface area contributed by atoms with Gasteiger partial charge in [0.1, 0.15) is 5.69 Å². The number of aryl methyl sites for hydroxylation is 1. The molecule has 1 aromatic heterocycles. The fraction of sp³-hybridized carbons (Fsp3) is 0.455. The number of hydrogen-bond donors (Lipinski definition) is 1. The molecule has 0 fully saturated rings. The van der Waals surface area contributed by atoms with Crippen LogP contribution < -0.4 is 0 Å². The molecule has 0 saturated carbocycles. The molecule has 1 heterocycles. The number of esters is 1. The molecular formula is C11H15NO4. The smallest absolute Gasteiger partial charge is 0.354 e. The maximum absolute atomic E-state index is 11.3. The van der Waals surface area contributed by atoms with Gasteiger partial charge in [-0.25, -0.2) is 4.79 Å². The number of rotatable bonds is 4. The third-order valence-electron chi connectivity index (χ3n) is 2.53. The lowest BCUT2D eigenvalue weighted by molar-refractivity contribution is -0.138. The number of aromatic nitrogens is 1. The first-order chi connectivity index (χ1) is 7.51. The van der Waals surface area contributed by atoms with Gasteiger partial charge in [0.05, 0.1) is 13.0 Å². The molecule has 1 rings (SSSR count). The maximum atomic E-state index is 11.3. The van der Waals surface area contributed by atoms with Gasteiger partial charge in [-0.05, 0) is 18.1 Å². The number of carbonyl (C=O) groups excluding carboxylic acids is 1. The van der Waals surface area contributed by atoms with E-state index in [2.05, 4.69) is 4.74 Å². The van der Waals surface area contributed by atoms with Gasteiger partial charge in [0.15, 0.2) is 0 Å². The van der Waals surface area contributed by atoms with E-state index < -0.39 is 17.9 Å². The normalized spacial score (nSPS) is 12.2. The summed E-state index contributed by atoms with van der Waals surface area (Å²) < 4.78 is 6.17. The van der Waals surface area contributed by atoms with Crippen molar-refractivity contribution in [2.45, 2.75) is 19.3 Å². The summed E-state index contributed by atoms with van der Waals surface area (Å²) in [5.74, 6) is -1.93. The molecule has 5 nitrogen and oxygen atoms in total. The molecule has 1 atom stereocenters. The number of carboxylic acid groups (broad SMARTS) is 1. The summed E-state index contributed by atoms with van der Waals surface area (Å²) in [5.41, 5.74) is 0.982. The average molecular weight is 225 g/mol. The molecule has 1 N–H and O–H groups in total. The molecule has 88 valence electrons. The predicted octanol–water partition coefficient (Wildman–Crippen LogP) is 1.39. The van der Waals surface area contributed by atoms with Crippen LogP contribution >= 0.6 is 0 Å². The molecule has 0 aliphatic heterocycles. The van der Waals surface area contributed by atoms with Gasteiger partial charge in [0, 0.05) is 13.2 Å². The fourth-order valence-corrected chi connectivity index (χ4v) is 1.64. The van der Waals surface area contributed by atoms with Crippen molar-refractivity contribution in [1.29, 1.82) is 0 Å². The zero-order valence-electron chi connectivity index (χ0n) is 9.56. The lowest BCUT2D eigenvalue weighted by Crippen LogP contribution is -2.09. The van der Waals surface area contributed by atoms with Crippen LogP contribution in [0.3, 0.4) is 0 Å². The van der Waals surface area contributed by atoms with Crippen LogP contribution in [0.15, 0.2) is 12.3 Å². The van der Waals surface area contributed by atoms with Gasteiger partial charge in [0.25, 0.3) is 0 Å². The van der Waals surface area contributed by atoms with Crippen LogP contribution in [-0.4, -0.2) is 28.7 Å². The Kier molecular flexibility index (Phi) is 3.71. The van der Waals surface area contributed by atoms with Crippen LogP contribution in [0.25, 0.3) is 0 Å². The summed E-state index contributed by atoms with van der Waals surface area (Å²) in [6, 6.07) is 1.56. The van der Waals surface area contributed by atoms with Crippen LogP contribution in [0.2, 0.25) is 0 Å². The van der Waals surface area contributed by atoms with Gasteiger partial charge in [-0.3, -0.25) is 4.79 Å². The summed E-state index contributed by atoms with van der Waals surface area (Å²) in [6.07, 6.45) is 2.13. The van der Waals surface area contributed by atoms with E-state index in [-0.39, 0.29) is 0 Å². The first-order valence-corrected chi connectivity index (χ1v) is 4.98. The summed E-state index contributed by atoms with van der Waals surface area (Å²) in [5, 5.41) is 9.00. The Hall–Kier alpha value is -1.78. The quantitative estimate of drug-likeness (QED) is 0.786. The molecule has 0 aromatic carbocycles. The van der Waals surface area contributed by atoms with E-state index >= 15 is 0 Å². The molecule has 1 unspecified atom stereocenters. The second-order valence-corrected chi connectivity index (χ2v) is 3.56. The Labute approximate surface area is 93.6 Å². The SMILES string of the molecule is CCC(C(=O)O)c1cc(C(=O)OC)n(C)c1. The molecule has 0 saturated heterocycles. The number of nitrogens with zero attached hydrogens (tertiary/aromatic N) is 1. The van der Waals surface area contributed by atoms with Crippen molar-refractivity contribution in [3.05, 3.63) is 23.5 Å². The first-order valence-electron chi connectivity index (χ1n) is 4.98. The molecule has 0 radical (unpaired) electrons. The van der Waals surface area contributed by atoms with Gasteiger partial charge in [-0.15, -0.1) is 0 Å². The number of methoxy groups -OCH3 is 1. The van der Waals surface area contributed by atoms with Crippen molar-refractivity contribution in [2.24, 2.45) is 7.05 Å². The largest absolute Gasteiger partial charge is 0.481 e. The number of carbonyl (C=O) groups is 2. The minimum atomic E-state index is -0.885. The van der Waals surface area contributed by atoms with E-state index in [0.717, 1.165) is 0 Å². The van der Waals surface area contributed by atoms with E-state index in [0.29, 0.717) is 17.7 Å². The molecule has 5 heteroatoms. The van der Waals surface area contributed by atoms with Crippen molar-refractivity contribution in [3.63, 3.8) is 0 Å². The van der Waals surface area contributed by atoms with Crippen molar-refractivity contribution < 1.29 is 19.4 Å². The van der Waals surface area contributed by atoms with Crippen molar-refractivity contribution in [2.75, 3.05) is 7.11 Å². The average Bonchev–Trinajstić information content (AvgIpc) is 2.59. The van der Waals surface area contributed by atoms with Crippen molar-refractivity contribution in [1.82, 2.24) is 4.57 Å². The third-order valence-corrected chi connectivity index (χ3v) is 2.53. The fourth-order valence-electron chi connectivity index (χ4n) is 1.64. The Bertz CT molecular complexity index is 408. The minimum Gasteiger partial charge on any atom is -0.481 e. The zero-order valence-corrected chi connectivity index (χ0v) is 9.56. The van der Waals surface area contributed by atoms with Crippen LogP contribution in [0.4, 0.5) is 0 Å². The summed E-state index contributed by atoms with van der Waals surface area (Å²) in [4.78, 5) is 22.3. The second kappa shape index (κ2) is 4.83. The van der Waals surface area contributed by atoms with Crippen LogP contribution in [-0.2, 0) is 16.6 Å². The van der Waals surface area contributed by atoms with Crippen molar-refractivity contribution in [3.8, 4) is 0 Å². The maximum Gasteiger partial charge on any atom is 0.354 e. The van der Waals surface area contributed by atoms with Gasteiger partial charge >= 0.3 is 11.9 Å². The number of ether oxygens (including phenoxy) is 1. The van der Waals surface area contributed by atoms with Gasteiger partial charge in [-0.1, -0.05) is 6.92 Å². The molecule has 0 amide bonds. The topological polar surface area (TPSA) is 68.5 Å². The highest BCUT2D eigenvalue weighted by Gasteiger charge is 2.21. The lowest BCUT2D eigenvalue weighted by atomic mass is 9.99. The van der Waals surface area contributed by atoms with Crippen LogP contribution in [0.5, 0.6) is 0 Å². The number of carboxylic acids is 1. The lowest BCUT2D eigenvalue weighted by Gasteiger charge is -2.05. The molecular weight excluding hydrogens is 210 g/mol. The standard InChI is InChI=1S/C11H15NO4/c1-4-8(10(13)14)7-5-9(11(15)16-3)12(2)6-7/h5-6,8H,4H2,1-3H3,(H,13,14). The Morgan fingerprint density at radius 3 is 2.62 bits per heavy atom. The molecule has 1 aromatic rings. The highest BCUT2D eigenvalue weighted by atomic mass is 16.5. The third kappa shape index (κ3) is 2.24. The molecule has 0 aliphatic carbocycles. The number of hydrogen-bond acceptors (Lipinski definition) is 3. The zero-order chi connectivity index (χ0) is 12.3. The van der Waals surface area contributed by atoms with Crippen LogP contribution in [0.1, 0.15) is 35.3 Å².